The fourth-order valence-electron chi connectivity index (χ4n) is 3.00. The first-order valence-electron chi connectivity index (χ1n) is 7.69. The Balaban J connectivity index is 0.00000192. The minimum Gasteiger partial charge on any atom is -0.490 e. The molecule has 1 atom stereocenters. The Morgan fingerprint density at radius 1 is 1.22 bits per heavy atom. The van der Waals surface area contributed by atoms with Crippen molar-refractivity contribution in [2.75, 3.05) is 33.4 Å². The first kappa shape index (κ1) is 18.3. The van der Waals surface area contributed by atoms with E-state index in [1.165, 1.54) is 0 Å². The number of nitrogens with one attached hydrogen (secondary N) is 1. The van der Waals surface area contributed by atoms with E-state index in [4.69, 9.17) is 9.47 Å². The molecule has 0 saturated carbocycles. The monoisotopic (exact) mass is 362 g/mol. The lowest BCUT2D eigenvalue weighted by molar-refractivity contribution is 0.296. The molecule has 0 aromatic heterocycles. The second-order valence-electron chi connectivity index (χ2n) is 5.63. The lowest BCUT2D eigenvalue weighted by Gasteiger charge is -2.24. The molecule has 0 spiro atoms. The molecule has 8 heteroatoms. The number of ether oxygens (including phenoxy) is 2. The molecule has 0 bridgehead atoms. The van der Waals surface area contributed by atoms with E-state index in [9.17, 15) is 8.42 Å². The molecule has 2 heterocycles. The van der Waals surface area contributed by atoms with Crippen molar-refractivity contribution in [1.29, 1.82) is 0 Å². The molecule has 3 rings (SSSR count). The Hall–Kier alpha value is -1.02. The number of hydrogen-bond donors (Lipinski definition) is 1. The van der Waals surface area contributed by atoms with Gasteiger partial charge in [0.25, 0.3) is 0 Å². The predicted octanol–water partition coefficient (Wildman–Crippen LogP) is 1.64. The Morgan fingerprint density at radius 3 is 2.70 bits per heavy atom. The molecule has 1 aromatic carbocycles. The molecule has 130 valence electrons. The zero-order valence-electron chi connectivity index (χ0n) is 13.2. The van der Waals surface area contributed by atoms with Crippen molar-refractivity contribution < 1.29 is 17.9 Å². The van der Waals surface area contributed by atoms with E-state index in [1.807, 2.05) is 7.05 Å². The number of hydrogen-bond acceptors (Lipinski definition) is 5. The highest BCUT2D eigenvalue weighted by Crippen LogP contribution is 2.34. The van der Waals surface area contributed by atoms with Crippen LogP contribution in [0.25, 0.3) is 0 Å². The fourth-order valence-corrected chi connectivity index (χ4v) is 4.71. The van der Waals surface area contributed by atoms with Gasteiger partial charge in [-0.25, -0.2) is 8.42 Å². The van der Waals surface area contributed by atoms with E-state index in [2.05, 4.69) is 5.32 Å². The second-order valence-corrected chi connectivity index (χ2v) is 7.52. The van der Waals surface area contributed by atoms with Crippen molar-refractivity contribution in [3.8, 4) is 11.5 Å². The average molecular weight is 363 g/mol. The van der Waals surface area contributed by atoms with Gasteiger partial charge in [0.1, 0.15) is 0 Å². The number of fused-ring (bicyclic) bond motifs is 1. The van der Waals surface area contributed by atoms with Crippen LogP contribution in [0.5, 0.6) is 11.5 Å². The highest BCUT2D eigenvalue weighted by atomic mass is 35.5. The van der Waals surface area contributed by atoms with E-state index in [0.29, 0.717) is 37.8 Å². The van der Waals surface area contributed by atoms with Gasteiger partial charge in [0.05, 0.1) is 18.1 Å². The van der Waals surface area contributed by atoms with Gasteiger partial charge in [0.15, 0.2) is 11.5 Å². The molecule has 1 aromatic rings. The summed E-state index contributed by atoms with van der Waals surface area (Å²) in [7, 11) is -1.65. The minimum absolute atomic E-state index is 0. The summed E-state index contributed by atoms with van der Waals surface area (Å²) in [4.78, 5) is 0.278. The summed E-state index contributed by atoms with van der Waals surface area (Å²) in [5.41, 5.74) is 0. The maximum atomic E-state index is 12.9. The summed E-state index contributed by atoms with van der Waals surface area (Å²) in [6.45, 7) is 2.38. The van der Waals surface area contributed by atoms with Crippen LogP contribution in [-0.2, 0) is 10.0 Å². The summed E-state index contributed by atoms with van der Waals surface area (Å²) in [5.74, 6) is 1.13. The Bertz CT molecular complexity index is 638. The molecular formula is C15H23ClN2O4S. The summed E-state index contributed by atoms with van der Waals surface area (Å²) in [6, 6.07) is 4.91. The van der Waals surface area contributed by atoms with Crippen LogP contribution in [0.3, 0.4) is 0 Å². The van der Waals surface area contributed by atoms with Gasteiger partial charge in [-0.15, -0.1) is 12.4 Å². The van der Waals surface area contributed by atoms with Crippen molar-refractivity contribution in [3.05, 3.63) is 18.2 Å². The molecule has 0 aliphatic carbocycles. The van der Waals surface area contributed by atoms with Crippen LogP contribution in [-0.4, -0.2) is 52.1 Å². The highest BCUT2D eigenvalue weighted by molar-refractivity contribution is 7.89. The van der Waals surface area contributed by atoms with Gasteiger partial charge in [-0.2, -0.15) is 4.31 Å². The molecule has 6 nitrogen and oxygen atoms in total. The zero-order chi connectivity index (χ0) is 15.6. The van der Waals surface area contributed by atoms with Crippen LogP contribution in [0.15, 0.2) is 23.1 Å². The van der Waals surface area contributed by atoms with Crippen LogP contribution in [0.1, 0.15) is 19.3 Å². The number of likely N-dealkylation sites (N-methyl/N-ethyl adjacent to an activating group) is 1. The van der Waals surface area contributed by atoms with Crippen molar-refractivity contribution in [3.63, 3.8) is 0 Å². The number of rotatable bonds is 4. The fraction of sp³-hybridized carbons (Fsp3) is 0.600. The summed E-state index contributed by atoms with van der Waals surface area (Å²) >= 11 is 0. The number of benzene rings is 1. The van der Waals surface area contributed by atoms with Crippen molar-refractivity contribution in [2.45, 2.75) is 30.2 Å². The summed E-state index contributed by atoms with van der Waals surface area (Å²) in [6.07, 6.45) is 2.59. The molecule has 1 unspecified atom stereocenters. The Kier molecular flexibility index (Phi) is 6.13. The van der Waals surface area contributed by atoms with Crippen molar-refractivity contribution in [2.24, 2.45) is 0 Å². The number of halogens is 1. The van der Waals surface area contributed by atoms with Crippen molar-refractivity contribution in [1.82, 2.24) is 9.62 Å². The molecule has 1 fully saturated rings. The quantitative estimate of drug-likeness (QED) is 0.882. The number of sulfonamides is 1. The summed E-state index contributed by atoms with van der Waals surface area (Å²) in [5, 5.41) is 3.07. The molecule has 2 aliphatic heterocycles. The Morgan fingerprint density at radius 2 is 1.96 bits per heavy atom. The normalized spacial score (nSPS) is 21.5. The molecule has 2 aliphatic rings. The van der Waals surface area contributed by atoms with Gasteiger partial charge in [0.2, 0.25) is 10.0 Å². The van der Waals surface area contributed by atoms with Gasteiger partial charge in [0, 0.05) is 31.6 Å². The van der Waals surface area contributed by atoms with Crippen LogP contribution >= 0.6 is 12.4 Å². The second kappa shape index (κ2) is 7.70. The van der Waals surface area contributed by atoms with Crippen LogP contribution in [0.4, 0.5) is 0 Å². The van der Waals surface area contributed by atoms with E-state index >= 15 is 0 Å². The molecule has 0 radical (unpaired) electrons. The first-order valence-corrected chi connectivity index (χ1v) is 9.13. The molecule has 1 N–H and O–H groups in total. The van der Waals surface area contributed by atoms with E-state index in [1.54, 1.807) is 22.5 Å². The third-order valence-electron chi connectivity index (χ3n) is 4.09. The van der Waals surface area contributed by atoms with Gasteiger partial charge in [-0.1, -0.05) is 0 Å². The summed E-state index contributed by atoms with van der Waals surface area (Å²) < 4.78 is 38.5. The highest BCUT2D eigenvalue weighted by Gasteiger charge is 2.35. The van der Waals surface area contributed by atoms with Gasteiger partial charge >= 0.3 is 0 Å². The zero-order valence-corrected chi connectivity index (χ0v) is 14.8. The first-order chi connectivity index (χ1) is 10.6. The largest absolute Gasteiger partial charge is 0.490 e. The smallest absolute Gasteiger partial charge is 0.243 e. The maximum absolute atomic E-state index is 12.9. The molecule has 0 amide bonds. The minimum atomic E-state index is -3.50. The maximum Gasteiger partial charge on any atom is 0.243 e. The van der Waals surface area contributed by atoms with Gasteiger partial charge in [-0.05, 0) is 32.0 Å². The third kappa shape index (κ3) is 3.74. The van der Waals surface area contributed by atoms with Crippen LogP contribution in [0, 0.1) is 0 Å². The lowest BCUT2D eigenvalue weighted by Crippen LogP contribution is -2.40. The van der Waals surface area contributed by atoms with Crippen LogP contribution < -0.4 is 14.8 Å². The van der Waals surface area contributed by atoms with E-state index in [0.717, 1.165) is 19.3 Å². The van der Waals surface area contributed by atoms with Gasteiger partial charge < -0.3 is 14.8 Å². The lowest BCUT2D eigenvalue weighted by atomic mass is 10.2. The van der Waals surface area contributed by atoms with E-state index in [-0.39, 0.29) is 23.3 Å². The van der Waals surface area contributed by atoms with E-state index < -0.39 is 10.0 Å². The van der Waals surface area contributed by atoms with Crippen molar-refractivity contribution >= 4 is 22.4 Å². The Labute approximate surface area is 143 Å². The molecule has 23 heavy (non-hydrogen) atoms. The van der Waals surface area contributed by atoms with Gasteiger partial charge in [-0.3, -0.25) is 0 Å². The third-order valence-corrected chi connectivity index (χ3v) is 6.04. The SMILES string of the molecule is CNCC1CCCN1S(=O)(=O)c1ccc2c(c1)OCCCO2.Cl. The standard InChI is InChI=1S/C15H22N2O4S.ClH/c1-16-11-12-4-2-7-17(12)22(18,19)13-5-6-14-15(10-13)21-9-3-8-20-14;/h5-6,10,12,16H,2-4,7-9,11H2,1H3;1H. The number of nitrogens with zero attached hydrogens (tertiary/aromatic N) is 1. The average Bonchev–Trinajstić information content (AvgIpc) is 2.85. The van der Waals surface area contributed by atoms with Crippen LogP contribution in [0.2, 0.25) is 0 Å². The molecule has 1 saturated heterocycles. The predicted molar refractivity (Wildman–Crippen MR) is 90.1 cm³/mol. The molecular weight excluding hydrogens is 340 g/mol. The topological polar surface area (TPSA) is 67.9 Å².